The number of amides is 1. The highest BCUT2D eigenvalue weighted by Gasteiger charge is 2.28. The van der Waals surface area contributed by atoms with Crippen LogP contribution in [0.2, 0.25) is 0 Å². The van der Waals surface area contributed by atoms with E-state index >= 15 is 0 Å². The second-order valence-electron chi connectivity index (χ2n) is 9.11. The van der Waals surface area contributed by atoms with Crippen LogP contribution >= 0.6 is 11.3 Å². The van der Waals surface area contributed by atoms with Crippen molar-refractivity contribution in [2.75, 3.05) is 25.6 Å². The quantitative estimate of drug-likeness (QED) is 0.348. The number of fused-ring (bicyclic) bond motifs is 2. The van der Waals surface area contributed by atoms with Crippen molar-refractivity contribution in [1.29, 1.82) is 0 Å². The first-order valence-electron chi connectivity index (χ1n) is 12.1. The predicted molar refractivity (Wildman–Crippen MR) is 144 cm³/mol. The minimum atomic E-state index is -0.524. The lowest BCUT2D eigenvalue weighted by Crippen LogP contribution is -2.37. The Morgan fingerprint density at radius 1 is 1.11 bits per heavy atom. The number of carbonyl (C=O) groups excluding carboxylic acids is 2. The Hall–Kier alpha value is -3.82. The zero-order chi connectivity index (χ0) is 25.9. The van der Waals surface area contributed by atoms with Gasteiger partial charge < -0.3 is 9.47 Å². The molecule has 0 saturated carbocycles. The van der Waals surface area contributed by atoms with Gasteiger partial charge in [-0.3, -0.25) is 20.0 Å². The van der Waals surface area contributed by atoms with Crippen molar-refractivity contribution >= 4 is 39.2 Å². The monoisotopic (exact) mass is 516 g/mol. The molecule has 190 valence electrons. The molecule has 4 aromatic rings. The van der Waals surface area contributed by atoms with Crippen LogP contribution in [0, 0.1) is 0 Å². The van der Waals surface area contributed by atoms with Gasteiger partial charge in [0, 0.05) is 53.1 Å². The molecule has 0 saturated heterocycles. The van der Waals surface area contributed by atoms with Crippen LogP contribution in [0.1, 0.15) is 35.5 Å². The molecule has 8 nitrogen and oxygen atoms in total. The highest BCUT2D eigenvalue weighted by atomic mass is 32.1. The molecule has 0 radical (unpaired) electrons. The summed E-state index contributed by atoms with van der Waals surface area (Å²) in [5.41, 5.74) is 4.56. The number of thiazole rings is 1. The number of ether oxygens (including phenoxy) is 2. The van der Waals surface area contributed by atoms with E-state index in [9.17, 15) is 9.59 Å². The van der Waals surface area contributed by atoms with Gasteiger partial charge in [-0.2, -0.15) is 0 Å². The first-order valence-corrected chi connectivity index (χ1v) is 13.0. The van der Waals surface area contributed by atoms with Crippen LogP contribution in [0.15, 0.2) is 53.9 Å². The van der Waals surface area contributed by atoms with E-state index in [1.54, 1.807) is 7.11 Å². The predicted octanol–water partition coefficient (Wildman–Crippen LogP) is 4.93. The van der Waals surface area contributed by atoms with E-state index in [0.717, 1.165) is 40.7 Å². The third-order valence-corrected chi connectivity index (χ3v) is 7.24. The molecule has 5 rings (SSSR count). The molecule has 1 aliphatic rings. The Morgan fingerprint density at radius 2 is 1.89 bits per heavy atom. The fourth-order valence-electron chi connectivity index (χ4n) is 4.55. The second-order valence-corrected chi connectivity index (χ2v) is 9.96. The number of benzene rings is 2. The summed E-state index contributed by atoms with van der Waals surface area (Å²) in [5, 5.41) is 5.72. The molecule has 9 heteroatoms. The number of para-hydroxylation sites is 2. The summed E-state index contributed by atoms with van der Waals surface area (Å²) in [7, 11) is 1.60. The van der Waals surface area contributed by atoms with Crippen molar-refractivity contribution in [2.45, 2.75) is 32.9 Å². The van der Waals surface area contributed by atoms with E-state index in [4.69, 9.17) is 14.5 Å². The summed E-state index contributed by atoms with van der Waals surface area (Å²) in [5.74, 6) is -0.279. The molecule has 0 bridgehead atoms. The van der Waals surface area contributed by atoms with E-state index in [1.165, 1.54) is 11.3 Å². The standard InChI is InChI=1S/C28H28N4O4S/c1-17(2)32-13-12-22-20(14-32)26(19-9-4-6-10-21(19)29-22)27(34)36-15-25(33)31-28-30-23(16-37-28)18-8-5-7-11-24(18)35-3/h4-11,16-17H,12-15H2,1-3H3,(H,30,31,33). The number of pyridine rings is 1. The first kappa shape index (κ1) is 24.9. The van der Waals surface area contributed by atoms with Crippen LogP contribution in [-0.4, -0.2) is 53.0 Å². The number of hydrogen-bond acceptors (Lipinski definition) is 8. The van der Waals surface area contributed by atoms with E-state index < -0.39 is 18.5 Å². The number of anilines is 1. The third kappa shape index (κ3) is 5.19. The zero-order valence-electron chi connectivity index (χ0n) is 21.0. The number of carbonyl (C=O) groups is 2. The molecule has 2 aromatic carbocycles. The summed E-state index contributed by atoms with van der Waals surface area (Å²) in [4.78, 5) is 37.6. The Labute approximate surface area is 219 Å². The number of nitrogens with one attached hydrogen (secondary N) is 1. The Balaban J connectivity index is 1.32. The topological polar surface area (TPSA) is 93.6 Å². The van der Waals surface area contributed by atoms with Gasteiger partial charge in [0.25, 0.3) is 5.91 Å². The fraction of sp³-hybridized carbons (Fsp3) is 0.286. The zero-order valence-corrected chi connectivity index (χ0v) is 21.8. The van der Waals surface area contributed by atoms with Crippen LogP contribution in [0.4, 0.5) is 5.13 Å². The molecule has 1 N–H and O–H groups in total. The fourth-order valence-corrected chi connectivity index (χ4v) is 5.28. The number of methoxy groups -OCH3 is 1. The van der Waals surface area contributed by atoms with Crippen LogP contribution in [-0.2, 0) is 22.5 Å². The minimum Gasteiger partial charge on any atom is -0.496 e. The maximum Gasteiger partial charge on any atom is 0.339 e. The maximum absolute atomic E-state index is 13.3. The van der Waals surface area contributed by atoms with Gasteiger partial charge in [-0.25, -0.2) is 9.78 Å². The Kier molecular flexibility index (Phi) is 7.16. The highest BCUT2D eigenvalue weighted by Crippen LogP contribution is 2.32. The smallest absolute Gasteiger partial charge is 0.339 e. The van der Waals surface area contributed by atoms with E-state index in [-0.39, 0.29) is 0 Å². The molecule has 1 aliphatic heterocycles. The van der Waals surface area contributed by atoms with Gasteiger partial charge in [0.1, 0.15) is 5.75 Å². The summed E-state index contributed by atoms with van der Waals surface area (Å²) in [6, 6.07) is 15.4. The number of aromatic nitrogens is 2. The van der Waals surface area contributed by atoms with Crippen molar-refractivity contribution < 1.29 is 19.1 Å². The lowest BCUT2D eigenvalue weighted by molar-refractivity contribution is -0.119. The van der Waals surface area contributed by atoms with Gasteiger partial charge in [0.05, 0.1) is 23.9 Å². The van der Waals surface area contributed by atoms with Crippen molar-refractivity contribution in [3.8, 4) is 17.0 Å². The highest BCUT2D eigenvalue weighted by molar-refractivity contribution is 7.14. The van der Waals surface area contributed by atoms with Gasteiger partial charge in [0.15, 0.2) is 11.7 Å². The van der Waals surface area contributed by atoms with Crippen LogP contribution < -0.4 is 10.1 Å². The van der Waals surface area contributed by atoms with Crippen LogP contribution in [0.25, 0.3) is 22.2 Å². The molecule has 37 heavy (non-hydrogen) atoms. The molecule has 3 heterocycles. The van der Waals surface area contributed by atoms with Crippen molar-refractivity contribution in [2.24, 2.45) is 0 Å². The SMILES string of the molecule is COc1ccccc1-c1csc(NC(=O)COC(=O)c2c3c(nc4ccccc24)CCN(C(C)C)C3)n1. The van der Waals surface area contributed by atoms with Crippen molar-refractivity contribution in [1.82, 2.24) is 14.9 Å². The average molecular weight is 517 g/mol. The molecule has 1 amide bonds. The number of hydrogen-bond donors (Lipinski definition) is 1. The van der Waals surface area contributed by atoms with Gasteiger partial charge in [-0.15, -0.1) is 11.3 Å². The van der Waals surface area contributed by atoms with Gasteiger partial charge >= 0.3 is 5.97 Å². The average Bonchev–Trinajstić information content (AvgIpc) is 3.38. The Bertz CT molecular complexity index is 1470. The summed E-state index contributed by atoms with van der Waals surface area (Å²) in [6.07, 6.45) is 0.762. The van der Waals surface area contributed by atoms with Crippen molar-refractivity contribution in [3.05, 3.63) is 70.7 Å². The molecule has 0 unspecified atom stereocenters. The molecule has 0 atom stereocenters. The van der Waals surface area contributed by atoms with Gasteiger partial charge in [0.2, 0.25) is 0 Å². The lowest BCUT2D eigenvalue weighted by atomic mass is 9.95. The Morgan fingerprint density at radius 3 is 2.70 bits per heavy atom. The van der Waals surface area contributed by atoms with E-state index in [1.807, 2.05) is 53.9 Å². The first-order chi connectivity index (χ1) is 17.9. The number of nitrogens with zero attached hydrogens (tertiary/aromatic N) is 3. The second kappa shape index (κ2) is 10.7. The molecular weight excluding hydrogens is 488 g/mol. The lowest BCUT2D eigenvalue weighted by Gasteiger charge is -2.32. The number of rotatable bonds is 7. The molecule has 0 fully saturated rings. The normalized spacial score (nSPS) is 13.4. The van der Waals surface area contributed by atoms with Crippen molar-refractivity contribution in [3.63, 3.8) is 0 Å². The van der Waals surface area contributed by atoms with Crippen LogP contribution in [0.3, 0.4) is 0 Å². The third-order valence-electron chi connectivity index (χ3n) is 6.48. The molecule has 0 aliphatic carbocycles. The minimum absolute atomic E-state index is 0.341. The van der Waals surface area contributed by atoms with Gasteiger partial charge in [-0.1, -0.05) is 30.3 Å². The van der Waals surface area contributed by atoms with Gasteiger partial charge in [-0.05, 0) is 32.0 Å². The van der Waals surface area contributed by atoms with E-state index in [0.29, 0.717) is 34.7 Å². The molecular formula is C28H28N4O4S. The van der Waals surface area contributed by atoms with E-state index in [2.05, 4.69) is 29.0 Å². The summed E-state index contributed by atoms with van der Waals surface area (Å²) >= 11 is 1.29. The molecule has 2 aromatic heterocycles. The van der Waals surface area contributed by atoms with Crippen LogP contribution in [0.5, 0.6) is 5.75 Å². The summed E-state index contributed by atoms with van der Waals surface area (Å²) in [6.45, 7) is 5.37. The summed E-state index contributed by atoms with van der Waals surface area (Å²) < 4.78 is 10.9. The number of esters is 1. The maximum atomic E-state index is 13.3. The largest absolute Gasteiger partial charge is 0.496 e. The molecule has 0 spiro atoms.